The molecule has 0 saturated carbocycles. The van der Waals surface area contributed by atoms with Crippen LogP contribution in [0.2, 0.25) is 0 Å². The highest BCUT2D eigenvalue weighted by atomic mass is 16.6. The van der Waals surface area contributed by atoms with Crippen LogP contribution in [0.1, 0.15) is 23.8 Å². The molecule has 38 heavy (non-hydrogen) atoms. The Morgan fingerprint density at radius 3 is 2.63 bits per heavy atom. The van der Waals surface area contributed by atoms with Crippen molar-refractivity contribution < 1.29 is 29.6 Å². The molecule has 14 nitrogen and oxygen atoms in total. The fourth-order valence-electron chi connectivity index (χ4n) is 4.03. The van der Waals surface area contributed by atoms with Gasteiger partial charge in [0, 0.05) is 19.2 Å². The Bertz CT molecular complexity index is 1380. The zero-order valence-electron chi connectivity index (χ0n) is 20.0. The first-order chi connectivity index (χ1) is 18.2. The number of amides is 1. The first-order valence-electron chi connectivity index (χ1n) is 11.6. The number of carbonyl (C=O) groups excluding carboxylic acids is 1. The molecule has 0 aliphatic carbocycles. The number of nitrogens with zero attached hydrogens (tertiary/aromatic N) is 6. The molecule has 0 unspecified atom stereocenters. The van der Waals surface area contributed by atoms with Crippen molar-refractivity contribution in [3.63, 3.8) is 0 Å². The summed E-state index contributed by atoms with van der Waals surface area (Å²) >= 11 is 0. The van der Waals surface area contributed by atoms with E-state index in [9.17, 15) is 19.8 Å². The summed E-state index contributed by atoms with van der Waals surface area (Å²) in [6.07, 6.45) is 0.476. The summed E-state index contributed by atoms with van der Waals surface area (Å²) in [7, 11) is 0. The largest absolute Gasteiger partial charge is 0.480 e. The van der Waals surface area contributed by atoms with Crippen molar-refractivity contribution in [3.05, 3.63) is 54.1 Å². The number of rotatable bonds is 9. The van der Waals surface area contributed by atoms with Crippen molar-refractivity contribution in [1.29, 1.82) is 5.26 Å². The molecule has 0 bridgehead atoms. The summed E-state index contributed by atoms with van der Waals surface area (Å²) in [5.41, 5.74) is 13.2. The van der Waals surface area contributed by atoms with Crippen LogP contribution >= 0.6 is 0 Å². The highest BCUT2D eigenvalue weighted by Crippen LogP contribution is 2.32. The molecule has 1 aliphatic heterocycles. The fraction of sp³-hybridized carbons (Fsp3) is 0.333. The molecule has 1 fully saturated rings. The maximum Gasteiger partial charge on any atom is 0.320 e. The number of fused-ring (bicyclic) bond motifs is 1. The van der Waals surface area contributed by atoms with Crippen molar-refractivity contribution in [1.82, 2.24) is 24.4 Å². The van der Waals surface area contributed by atoms with Crippen LogP contribution < -0.4 is 11.5 Å². The van der Waals surface area contributed by atoms with E-state index >= 15 is 0 Å². The van der Waals surface area contributed by atoms with Gasteiger partial charge in [0.2, 0.25) is 5.91 Å². The van der Waals surface area contributed by atoms with Gasteiger partial charge in [-0.2, -0.15) is 5.26 Å². The molecule has 4 rings (SSSR count). The van der Waals surface area contributed by atoms with Gasteiger partial charge < -0.3 is 36.4 Å². The van der Waals surface area contributed by atoms with Gasteiger partial charge in [0.05, 0.1) is 18.0 Å². The lowest BCUT2D eigenvalue weighted by atomic mass is 10.1. The minimum Gasteiger partial charge on any atom is -0.480 e. The third-order valence-electron chi connectivity index (χ3n) is 6.20. The van der Waals surface area contributed by atoms with E-state index in [-0.39, 0.29) is 25.3 Å². The lowest BCUT2D eigenvalue weighted by Gasteiger charge is -2.26. The molecule has 198 valence electrons. The van der Waals surface area contributed by atoms with Gasteiger partial charge >= 0.3 is 5.97 Å². The third-order valence-corrected chi connectivity index (χ3v) is 6.20. The number of hydrogen-bond acceptors (Lipinski definition) is 11. The number of benzene rings is 1. The van der Waals surface area contributed by atoms with E-state index in [2.05, 4.69) is 15.0 Å². The summed E-state index contributed by atoms with van der Waals surface area (Å²) in [5.74, 6) is -1.57. The summed E-state index contributed by atoms with van der Waals surface area (Å²) in [4.78, 5) is 37.7. The van der Waals surface area contributed by atoms with Gasteiger partial charge in [0.25, 0.3) is 0 Å². The standard InChI is InChI=1S/C24H26N8O6/c25-9-14-3-1-13(2-4-14)5-6-17(33)31(8-7-15(26)24(36)37)10-16-19(34)20(35)23(38-16)32-12-30-18-21(27)28-11-29-22(18)32/h1-6,11-12,15-16,19-20,23,34-35H,7-8,10,26H2,(H,36,37)(H2,27,28,29)/b6-5+/t15-,16+,19+,20+,23+/m0/s1. The molecule has 1 aliphatic rings. The number of imidazole rings is 1. The molecular formula is C24H26N8O6. The predicted octanol–water partition coefficient (Wildman–Crippen LogP) is -0.757. The van der Waals surface area contributed by atoms with Gasteiger partial charge in [-0.15, -0.1) is 0 Å². The topological polar surface area (TPSA) is 227 Å². The molecule has 1 amide bonds. The maximum atomic E-state index is 13.1. The lowest BCUT2D eigenvalue weighted by molar-refractivity contribution is -0.139. The summed E-state index contributed by atoms with van der Waals surface area (Å²) in [5, 5.41) is 39.5. The number of carbonyl (C=O) groups is 2. The molecule has 3 heterocycles. The van der Waals surface area contributed by atoms with Gasteiger partial charge in [-0.1, -0.05) is 12.1 Å². The van der Waals surface area contributed by atoms with Crippen molar-refractivity contribution in [2.75, 3.05) is 18.8 Å². The highest BCUT2D eigenvalue weighted by molar-refractivity contribution is 5.92. The molecule has 0 radical (unpaired) electrons. The molecule has 7 N–H and O–H groups in total. The number of aliphatic carboxylic acids is 1. The zero-order valence-corrected chi connectivity index (χ0v) is 20.0. The second-order valence-corrected chi connectivity index (χ2v) is 8.71. The van der Waals surface area contributed by atoms with E-state index in [1.54, 1.807) is 30.3 Å². The first-order valence-corrected chi connectivity index (χ1v) is 11.6. The SMILES string of the molecule is N#Cc1ccc(/C=C/C(=O)N(CC[C@H](N)C(=O)O)C[C@H]2O[C@@H](n3cnc4c(N)ncnc43)[C@H](O)[C@@H]2O)cc1. The molecule has 3 aromatic rings. The average molecular weight is 523 g/mol. The number of aliphatic hydroxyl groups excluding tert-OH is 2. The van der Waals surface area contributed by atoms with Crippen molar-refractivity contribution in [2.24, 2.45) is 5.73 Å². The molecule has 5 atom stereocenters. The maximum absolute atomic E-state index is 13.1. The van der Waals surface area contributed by atoms with Crippen LogP contribution in [-0.4, -0.2) is 89.1 Å². The number of nitriles is 1. The smallest absolute Gasteiger partial charge is 0.320 e. The van der Waals surface area contributed by atoms with Crippen LogP contribution in [0.25, 0.3) is 17.2 Å². The van der Waals surface area contributed by atoms with Crippen LogP contribution in [0.5, 0.6) is 0 Å². The number of nitrogen functional groups attached to an aromatic ring is 1. The van der Waals surface area contributed by atoms with E-state index in [1.807, 2.05) is 6.07 Å². The Morgan fingerprint density at radius 1 is 1.21 bits per heavy atom. The number of carboxylic acid groups (broad SMARTS) is 1. The second-order valence-electron chi connectivity index (χ2n) is 8.71. The van der Waals surface area contributed by atoms with Crippen molar-refractivity contribution >= 4 is 34.9 Å². The summed E-state index contributed by atoms with van der Waals surface area (Å²) in [6, 6.07) is 7.36. The number of ether oxygens (including phenoxy) is 1. The monoisotopic (exact) mass is 522 g/mol. The van der Waals surface area contributed by atoms with E-state index in [1.165, 1.54) is 28.2 Å². The van der Waals surface area contributed by atoms with E-state index < -0.39 is 42.5 Å². The normalized spacial score (nSPS) is 21.9. The summed E-state index contributed by atoms with van der Waals surface area (Å²) in [6.45, 7) is -0.212. The number of aliphatic hydroxyl groups is 2. The van der Waals surface area contributed by atoms with Crippen LogP contribution in [0.15, 0.2) is 43.0 Å². The zero-order chi connectivity index (χ0) is 27.4. The molecule has 1 aromatic carbocycles. The quantitative estimate of drug-likeness (QED) is 0.219. The van der Waals surface area contributed by atoms with Gasteiger partial charge in [0.15, 0.2) is 17.7 Å². The van der Waals surface area contributed by atoms with E-state index in [0.29, 0.717) is 22.3 Å². The van der Waals surface area contributed by atoms with Gasteiger partial charge in [-0.05, 0) is 30.2 Å². The molecular weight excluding hydrogens is 496 g/mol. The number of hydrogen-bond donors (Lipinski definition) is 5. The van der Waals surface area contributed by atoms with E-state index in [4.69, 9.17) is 26.6 Å². The minimum atomic E-state index is -1.39. The Balaban J connectivity index is 1.52. The average Bonchev–Trinajstić information content (AvgIpc) is 3.46. The van der Waals surface area contributed by atoms with Crippen LogP contribution in [0, 0.1) is 11.3 Å². The van der Waals surface area contributed by atoms with Crippen molar-refractivity contribution in [3.8, 4) is 6.07 Å². The second kappa shape index (κ2) is 11.3. The Morgan fingerprint density at radius 2 is 1.95 bits per heavy atom. The number of aromatic nitrogens is 4. The molecule has 0 spiro atoms. The highest BCUT2D eigenvalue weighted by Gasteiger charge is 2.45. The molecule has 2 aromatic heterocycles. The number of anilines is 1. The number of carboxylic acids is 1. The predicted molar refractivity (Wildman–Crippen MR) is 133 cm³/mol. The minimum absolute atomic E-state index is 0.0465. The van der Waals surface area contributed by atoms with E-state index in [0.717, 1.165) is 0 Å². The molecule has 14 heteroatoms. The first kappa shape index (κ1) is 26.6. The Hall–Kier alpha value is -4.42. The van der Waals surface area contributed by atoms with Crippen LogP contribution in [0.3, 0.4) is 0 Å². The van der Waals surface area contributed by atoms with Gasteiger partial charge in [-0.3, -0.25) is 14.2 Å². The number of nitrogens with two attached hydrogens (primary N) is 2. The fourth-order valence-corrected chi connectivity index (χ4v) is 4.03. The molecule has 1 saturated heterocycles. The van der Waals surface area contributed by atoms with Gasteiger partial charge in [0.1, 0.15) is 36.2 Å². The van der Waals surface area contributed by atoms with Crippen LogP contribution in [0.4, 0.5) is 5.82 Å². The Kier molecular flexibility index (Phi) is 7.93. The van der Waals surface area contributed by atoms with Crippen LogP contribution in [-0.2, 0) is 14.3 Å². The summed E-state index contributed by atoms with van der Waals surface area (Å²) < 4.78 is 7.34. The Labute approximate surface area is 216 Å². The van der Waals surface area contributed by atoms with Crippen molar-refractivity contribution in [2.45, 2.75) is 37.0 Å². The lowest BCUT2D eigenvalue weighted by Crippen LogP contribution is -2.44. The van der Waals surface area contributed by atoms with Gasteiger partial charge in [-0.25, -0.2) is 15.0 Å². The third kappa shape index (κ3) is 5.61.